The summed E-state index contributed by atoms with van der Waals surface area (Å²) in [6.07, 6.45) is 2.82. The van der Waals surface area contributed by atoms with Crippen molar-refractivity contribution in [1.29, 1.82) is 0 Å². The molecule has 0 saturated carbocycles. The summed E-state index contributed by atoms with van der Waals surface area (Å²) in [6.45, 7) is -0.0341. The van der Waals surface area contributed by atoms with E-state index in [0.29, 0.717) is 16.3 Å². The zero-order valence-corrected chi connectivity index (χ0v) is 15.3. The van der Waals surface area contributed by atoms with Gasteiger partial charge in [-0.3, -0.25) is 10.2 Å². The average molecular weight is 407 g/mol. The summed E-state index contributed by atoms with van der Waals surface area (Å²) in [4.78, 5) is 11.4. The van der Waals surface area contributed by atoms with Gasteiger partial charge in [-0.2, -0.15) is 10.2 Å². The topological polar surface area (TPSA) is 79.4 Å². The minimum absolute atomic E-state index is 0.0341. The van der Waals surface area contributed by atoms with Crippen LogP contribution in [-0.4, -0.2) is 16.4 Å². The number of nitrogens with zero attached hydrogens (tertiary/aromatic N) is 2. The summed E-state index contributed by atoms with van der Waals surface area (Å²) < 4.78 is 19.6. The molecular formula is C18H13Cl2FN4O2. The highest BCUT2D eigenvalue weighted by Gasteiger charge is 2.09. The van der Waals surface area contributed by atoms with Crippen LogP contribution < -0.4 is 15.7 Å². The lowest BCUT2D eigenvalue weighted by Crippen LogP contribution is -2.10. The SMILES string of the molecule is O=c1[nH]ncc(N/N=C/c2ccccc2OCc2c(F)cccc2Cl)c1Cl. The Bertz CT molecular complexity index is 1020. The van der Waals surface area contributed by atoms with Crippen molar-refractivity contribution in [2.24, 2.45) is 5.10 Å². The van der Waals surface area contributed by atoms with Crippen LogP contribution in [-0.2, 0) is 6.61 Å². The number of hydrogen-bond acceptors (Lipinski definition) is 5. The molecule has 2 aromatic carbocycles. The zero-order chi connectivity index (χ0) is 19.2. The largest absolute Gasteiger partial charge is 0.488 e. The zero-order valence-electron chi connectivity index (χ0n) is 13.7. The van der Waals surface area contributed by atoms with Gasteiger partial charge in [0.25, 0.3) is 5.56 Å². The predicted octanol–water partition coefficient (Wildman–Crippen LogP) is 4.24. The van der Waals surface area contributed by atoms with E-state index in [-0.39, 0.29) is 22.9 Å². The van der Waals surface area contributed by atoms with Gasteiger partial charge in [-0.05, 0) is 24.3 Å². The van der Waals surface area contributed by atoms with Gasteiger partial charge in [0, 0.05) is 11.1 Å². The lowest BCUT2D eigenvalue weighted by atomic mass is 10.2. The van der Waals surface area contributed by atoms with E-state index in [2.05, 4.69) is 20.7 Å². The highest BCUT2D eigenvalue weighted by Crippen LogP contribution is 2.23. The Labute approximate surface area is 163 Å². The van der Waals surface area contributed by atoms with Crippen LogP contribution in [0.5, 0.6) is 5.75 Å². The van der Waals surface area contributed by atoms with Gasteiger partial charge in [-0.1, -0.05) is 41.4 Å². The van der Waals surface area contributed by atoms with E-state index in [1.54, 1.807) is 30.3 Å². The van der Waals surface area contributed by atoms with Gasteiger partial charge in [0.1, 0.15) is 28.9 Å². The van der Waals surface area contributed by atoms with Crippen LogP contribution in [0.4, 0.5) is 10.1 Å². The molecule has 0 aliphatic heterocycles. The number of benzene rings is 2. The van der Waals surface area contributed by atoms with Crippen LogP contribution in [0.3, 0.4) is 0 Å². The van der Waals surface area contributed by atoms with Gasteiger partial charge in [-0.15, -0.1) is 0 Å². The van der Waals surface area contributed by atoms with E-state index >= 15 is 0 Å². The number of H-pyrrole nitrogens is 1. The number of anilines is 1. The Morgan fingerprint density at radius 3 is 2.85 bits per heavy atom. The third-order valence-electron chi connectivity index (χ3n) is 3.54. The molecule has 0 amide bonds. The highest BCUT2D eigenvalue weighted by molar-refractivity contribution is 6.33. The van der Waals surface area contributed by atoms with E-state index in [1.807, 2.05) is 0 Å². The minimum Gasteiger partial charge on any atom is -0.488 e. The monoisotopic (exact) mass is 406 g/mol. The van der Waals surface area contributed by atoms with Crippen LogP contribution in [0.1, 0.15) is 11.1 Å². The van der Waals surface area contributed by atoms with Crippen LogP contribution >= 0.6 is 23.2 Å². The maximum Gasteiger partial charge on any atom is 0.285 e. The summed E-state index contributed by atoms with van der Waals surface area (Å²) in [6, 6.07) is 11.5. The van der Waals surface area contributed by atoms with Gasteiger partial charge in [-0.25, -0.2) is 9.49 Å². The number of nitrogens with one attached hydrogen (secondary N) is 2. The molecule has 0 radical (unpaired) electrons. The first-order valence-electron chi connectivity index (χ1n) is 7.73. The highest BCUT2D eigenvalue weighted by atomic mass is 35.5. The van der Waals surface area contributed by atoms with E-state index < -0.39 is 11.4 Å². The maximum atomic E-state index is 13.9. The van der Waals surface area contributed by atoms with Crippen molar-refractivity contribution in [3.8, 4) is 5.75 Å². The maximum absolute atomic E-state index is 13.9. The second-order valence-electron chi connectivity index (χ2n) is 5.32. The number of ether oxygens (including phenoxy) is 1. The van der Waals surface area contributed by atoms with Crippen molar-refractivity contribution in [2.45, 2.75) is 6.61 Å². The third kappa shape index (κ3) is 4.64. The molecule has 1 heterocycles. The Kier molecular flexibility index (Phi) is 6.05. The van der Waals surface area contributed by atoms with Crippen LogP contribution in [0.25, 0.3) is 0 Å². The van der Waals surface area contributed by atoms with E-state index in [4.69, 9.17) is 27.9 Å². The second-order valence-corrected chi connectivity index (χ2v) is 6.11. The Morgan fingerprint density at radius 2 is 2.04 bits per heavy atom. The molecule has 0 aliphatic rings. The van der Waals surface area contributed by atoms with Crippen LogP contribution in [0.15, 0.2) is 58.6 Å². The fourth-order valence-electron chi connectivity index (χ4n) is 2.17. The Balaban J connectivity index is 1.74. The predicted molar refractivity (Wildman–Crippen MR) is 103 cm³/mol. The summed E-state index contributed by atoms with van der Waals surface area (Å²) in [5.74, 6) is 0.0456. The number of halogens is 3. The molecule has 1 aromatic heterocycles. The third-order valence-corrected chi connectivity index (χ3v) is 4.27. The summed E-state index contributed by atoms with van der Waals surface area (Å²) in [5.41, 5.74) is 3.27. The molecule has 0 spiro atoms. The molecule has 6 nitrogen and oxygen atoms in total. The number of hydrazone groups is 1. The number of hydrogen-bond donors (Lipinski definition) is 2. The minimum atomic E-state index is -0.526. The molecule has 0 aliphatic carbocycles. The fourth-order valence-corrected chi connectivity index (χ4v) is 2.52. The number of aromatic nitrogens is 2. The van der Waals surface area contributed by atoms with Crippen molar-refractivity contribution in [3.63, 3.8) is 0 Å². The van der Waals surface area contributed by atoms with Gasteiger partial charge >= 0.3 is 0 Å². The first-order valence-corrected chi connectivity index (χ1v) is 8.49. The molecule has 2 N–H and O–H groups in total. The molecule has 0 unspecified atom stereocenters. The Morgan fingerprint density at radius 1 is 1.22 bits per heavy atom. The van der Waals surface area contributed by atoms with E-state index in [1.165, 1.54) is 24.5 Å². The Hall–Kier alpha value is -2.90. The number of rotatable bonds is 6. The number of aromatic amines is 1. The molecule has 3 rings (SSSR count). The van der Waals surface area contributed by atoms with Crippen molar-refractivity contribution in [1.82, 2.24) is 10.2 Å². The molecule has 27 heavy (non-hydrogen) atoms. The average Bonchev–Trinajstić information content (AvgIpc) is 2.66. The quantitative estimate of drug-likeness (QED) is 0.473. The first kappa shape index (κ1) is 18.9. The molecular weight excluding hydrogens is 394 g/mol. The van der Waals surface area contributed by atoms with E-state index in [9.17, 15) is 9.18 Å². The van der Waals surface area contributed by atoms with Crippen molar-refractivity contribution in [3.05, 3.63) is 86.0 Å². The van der Waals surface area contributed by atoms with Crippen molar-refractivity contribution in [2.75, 3.05) is 5.43 Å². The summed E-state index contributed by atoms with van der Waals surface area (Å²) in [5, 5.41) is 10.1. The first-order chi connectivity index (χ1) is 13.1. The van der Waals surface area contributed by atoms with E-state index in [0.717, 1.165) is 0 Å². The molecule has 3 aromatic rings. The second kappa shape index (κ2) is 8.66. The molecule has 0 atom stereocenters. The molecule has 0 saturated heterocycles. The lowest BCUT2D eigenvalue weighted by Gasteiger charge is -2.11. The fraction of sp³-hybridized carbons (Fsp3) is 0.0556. The van der Waals surface area contributed by atoms with Crippen molar-refractivity contribution >= 4 is 35.1 Å². The number of para-hydroxylation sites is 1. The molecule has 0 fully saturated rings. The van der Waals surface area contributed by atoms with Crippen molar-refractivity contribution < 1.29 is 9.13 Å². The smallest absolute Gasteiger partial charge is 0.285 e. The lowest BCUT2D eigenvalue weighted by molar-refractivity contribution is 0.299. The standard InChI is InChI=1S/C18H13Cl2FN4O2/c19-13-5-3-6-14(21)12(13)10-27-16-7-2-1-4-11(16)8-22-24-15-9-23-25-18(26)17(15)20/h1-9H,10H2,(H2,24,25,26)/b22-8+. The molecule has 9 heteroatoms. The summed E-state index contributed by atoms with van der Waals surface area (Å²) >= 11 is 11.9. The van der Waals surface area contributed by atoms with Gasteiger partial charge in [0.2, 0.25) is 0 Å². The summed E-state index contributed by atoms with van der Waals surface area (Å²) in [7, 11) is 0. The van der Waals surface area contributed by atoms with Gasteiger partial charge in [0.15, 0.2) is 0 Å². The normalized spacial score (nSPS) is 10.9. The van der Waals surface area contributed by atoms with Crippen LogP contribution in [0.2, 0.25) is 10.0 Å². The molecule has 138 valence electrons. The van der Waals surface area contributed by atoms with Crippen LogP contribution in [0, 0.1) is 5.82 Å². The van der Waals surface area contributed by atoms with Gasteiger partial charge < -0.3 is 4.74 Å². The molecule has 0 bridgehead atoms. The van der Waals surface area contributed by atoms with Gasteiger partial charge in [0.05, 0.1) is 17.4 Å².